The molecule has 0 aliphatic rings. The van der Waals surface area contributed by atoms with Crippen LogP contribution in [0.3, 0.4) is 0 Å². The maximum absolute atomic E-state index is 11.7. The number of aryl methyl sites for hydroxylation is 3. The van der Waals surface area contributed by atoms with Crippen LogP contribution in [-0.2, 0) is 13.0 Å². The van der Waals surface area contributed by atoms with Crippen LogP contribution in [0.4, 0.5) is 0 Å². The van der Waals surface area contributed by atoms with E-state index in [1.807, 2.05) is 23.6 Å². The van der Waals surface area contributed by atoms with Crippen molar-refractivity contribution in [1.29, 1.82) is 0 Å². The number of benzene rings is 1. The van der Waals surface area contributed by atoms with E-state index in [-0.39, 0.29) is 13.2 Å². The Bertz CT molecular complexity index is 688. The fourth-order valence-corrected chi connectivity index (χ4v) is 3.09. The van der Waals surface area contributed by atoms with E-state index < -0.39 is 5.97 Å². The third kappa shape index (κ3) is 2.87. The average molecular weight is 305 g/mol. The molecule has 2 rings (SSSR count). The molecule has 0 amide bonds. The fraction of sp³-hybridized carbons (Fsp3) is 0.471. The maximum Gasteiger partial charge on any atom is 0.338 e. The van der Waals surface area contributed by atoms with Crippen molar-refractivity contribution in [2.75, 3.05) is 13.2 Å². The third-order valence-corrected chi connectivity index (χ3v) is 4.16. The number of carboxylic acids is 1. The smallest absolute Gasteiger partial charge is 0.338 e. The van der Waals surface area contributed by atoms with Gasteiger partial charge in [0.05, 0.1) is 11.1 Å². The van der Waals surface area contributed by atoms with Gasteiger partial charge in [-0.25, -0.2) is 4.79 Å². The van der Waals surface area contributed by atoms with Crippen molar-refractivity contribution in [3.63, 3.8) is 0 Å². The van der Waals surface area contributed by atoms with E-state index in [0.29, 0.717) is 31.4 Å². The minimum atomic E-state index is -0.931. The number of aromatic nitrogens is 1. The second-order valence-electron chi connectivity index (χ2n) is 5.58. The van der Waals surface area contributed by atoms with Crippen LogP contribution in [0, 0.1) is 13.8 Å². The number of nitrogens with zero attached hydrogens (tertiary/aromatic N) is 1. The Labute approximate surface area is 129 Å². The molecule has 0 saturated heterocycles. The molecular weight excluding hydrogens is 282 g/mol. The Hall–Kier alpha value is -1.85. The first-order chi connectivity index (χ1) is 10.5. The van der Waals surface area contributed by atoms with Crippen molar-refractivity contribution in [1.82, 2.24) is 4.57 Å². The Balaban J connectivity index is 2.74. The quantitative estimate of drug-likeness (QED) is 0.733. The summed E-state index contributed by atoms with van der Waals surface area (Å²) < 4.78 is 1.99. The summed E-state index contributed by atoms with van der Waals surface area (Å²) in [6.45, 7) is 4.54. The van der Waals surface area contributed by atoms with Crippen molar-refractivity contribution in [2.45, 2.75) is 39.7 Å². The minimum Gasteiger partial charge on any atom is -0.478 e. The largest absolute Gasteiger partial charge is 0.478 e. The highest BCUT2D eigenvalue weighted by Gasteiger charge is 2.21. The van der Waals surface area contributed by atoms with Crippen molar-refractivity contribution in [3.05, 3.63) is 34.5 Å². The summed E-state index contributed by atoms with van der Waals surface area (Å²) in [4.78, 5) is 11.7. The Morgan fingerprint density at radius 2 is 1.82 bits per heavy atom. The monoisotopic (exact) mass is 305 g/mol. The van der Waals surface area contributed by atoms with E-state index in [0.717, 1.165) is 27.7 Å². The molecule has 0 radical (unpaired) electrons. The van der Waals surface area contributed by atoms with Gasteiger partial charge in [-0.1, -0.05) is 12.1 Å². The highest BCUT2D eigenvalue weighted by molar-refractivity contribution is 6.05. The number of carbonyl (C=O) groups is 1. The van der Waals surface area contributed by atoms with Gasteiger partial charge in [-0.3, -0.25) is 0 Å². The Morgan fingerprint density at radius 1 is 1.14 bits per heavy atom. The predicted molar refractivity (Wildman–Crippen MR) is 85.5 cm³/mol. The van der Waals surface area contributed by atoms with E-state index in [4.69, 9.17) is 10.2 Å². The van der Waals surface area contributed by atoms with Gasteiger partial charge in [-0.05, 0) is 44.2 Å². The fourth-order valence-electron chi connectivity index (χ4n) is 3.09. The van der Waals surface area contributed by atoms with Gasteiger partial charge >= 0.3 is 5.97 Å². The average Bonchev–Trinajstić information content (AvgIpc) is 2.74. The summed E-state index contributed by atoms with van der Waals surface area (Å²) in [6, 6.07) is 3.80. The van der Waals surface area contributed by atoms with E-state index in [9.17, 15) is 9.90 Å². The standard InChI is InChI=1S/C17H23NO4/c1-11-6-7-14-13(5-3-9-19)12(2)18(8-4-10-20)16(14)15(11)17(21)22/h6-7,19-20H,3-5,8-10H2,1-2H3,(H,21,22). The number of fused-ring (bicyclic) bond motifs is 1. The van der Waals surface area contributed by atoms with Crippen LogP contribution in [0.2, 0.25) is 0 Å². The molecule has 0 aliphatic heterocycles. The first-order valence-electron chi connectivity index (χ1n) is 7.59. The molecule has 0 fully saturated rings. The molecular formula is C17H23NO4. The molecule has 0 unspecified atom stereocenters. The molecule has 22 heavy (non-hydrogen) atoms. The van der Waals surface area contributed by atoms with Crippen molar-refractivity contribution >= 4 is 16.9 Å². The van der Waals surface area contributed by atoms with Crippen LogP contribution >= 0.6 is 0 Å². The van der Waals surface area contributed by atoms with Gasteiger partial charge in [0.2, 0.25) is 0 Å². The molecule has 1 heterocycles. The van der Waals surface area contributed by atoms with Crippen LogP contribution in [0.5, 0.6) is 0 Å². The maximum atomic E-state index is 11.7. The molecule has 1 aromatic heterocycles. The molecule has 0 saturated carbocycles. The summed E-state index contributed by atoms with van der Waals surface area (Å²) in [5, 5.41) is 28.7. The normalized spacial score (nSPS) is 11.3. The number of rotatable bonds is 7. The number of hydrogen-bond donors (Lipinski definition) is 3. The van der Waals surface area contributed by atoms with Gasteiger partial charge in [0, 0.05) is 30.8 Å². The molecule has 120 valence electrons. The van der Waals surface area contributed by atoms with Crippen LogP contribution in [0.15, 0.2) is 12.1 Å². The van der Waals surface area contributed by atoms with Crippen molar-refractivity contribution in [3.8, 4) is 0 Å². The van der Waals surface area contributed by atoms with Gasteiger partial charge in [0.1, 0.15) is 0 Å². The van der Waals surface area contributed by atoms with Crippen LogP contribution in [0.25, 0.3) is 10.9 Å². The van der Waals surface area contributed by atoms with Gasteiger partial charge in [-0.2, -0.15) is 0 Å². The lowest BCUT2D eigenvalue weighted by atomic mass is 10.0. The zero-order valence-corrected chi connectivity index (χ0v) is 13.1. The van der Waals surface area contributed by atoms with E-state index in [1.165, 1.54) is 0 Å². The summed E-state index contributed by atoms with van der Waals surface area (Å²) in [5.41, 5.74) is 3.89. The van der Waals surface area contributed by atoms with E-state index in [1.54, 1.807) is 6.92 Å². The molecule has 2 aromatic rings. The molecule has 0 bridgehead atoms. The molecule has 5 nitrogen and oxygen atoms in total. The molecule has 1 aromatic carbocycles. The first kappa shape index (κ1) is 16.5. The second kappa shape index (κ2) is 6.94. The Kier molecular flexibility index (Phi) is 5.21. The predicted octanol–water partition coefficient (Wildman–Crippen LogP) is 2.26. The molecule has 0 atom stereocenters. The topological polar surface area (TPSA) is 82.7 Å². The van der Waals surface area contributed by atoms with Gasteiger partial charge in [0.25, 0.3) is 0 Å². The van der Waals surface area contributed by atoms with Crippen LogP contribution < -0.4 is 0 Å². The summed E-state index contributed by atoms with van der Waals surface area (Å²) in [6.07, 6.45) is 1.94. The van der Waals surface area contributed by atoms with E-state index in [2.05, 4.69) is 0 Å². The summed E-state index contributed by atoms with van der Waals surface area (Å²) >= 11 is 0. The van der Waals surface area contributed by atoms with E-state index >= 15 is 0 Å². The third-order valence-electron chi connectivity index (χ3n) is 4.16. The molecule has 5 heteroatoms. The minimum absolute atomic E-state index is 0.0688. The number of aliphatic hydroxyl groups excluding tert-OH is 2. The summed E-state index contributed by atoms with van der Waals surface area (Å²) in [5.74, 6) is -0.931. The highest BCUT2D eigenvalue weighted by Crippen LogP contribution is 2.31. The highest BCUT2D eigenvalue weighted by atomic mass is 16.4. The SMILES string of the molecule is Cc1ccc2c(CCCO)c(C)n(CCCO)c2c1C(=O)O. The van der Waals surface area contributed by atoms with Crippen molar-refractivity contribution < 1.29 is 20.1 Å². The van der Waals surface area contributed by atoms with Crippen LogP contribution in [-0.4, -0.2) is 39.1 Å². The molecule has 0 aliphatic carbocycles. The number of carboxylic acid groups (broad SMARTS) is 1. The lowest BCUT2D eigenvalue weighted by molar-refractivity contribution is 0.0698. The number of hydrogen-bond acceptors (Lipinski definition) is 3. The molecule has 3 N–H and O–H groups in total. The first-order valence-corrected chi connectivity index (χ1v) is 7.59. The lowest BCUT2D eigenvalue weighted by Gasteiger charge is -2.10. The lowest BCUT2D eigenvalue weighted by Crippen LogP contribution is -2.08. The van der Waals surface area contributed by atoms with Gasteiger partial charge in [0.15, 0.2) is 0 Å². The zero-order valence-electron chi connectivity index (χ0n) is 13.1. The van der Waals surface area contributed by atoms with Crippen LogP contribution in [0.1, 0.15) is 40.0 Å². The number of aromatic carboxylic acids is 1. The van der Waals surface area contributed by atoms with Crippen molar-refractivity contribution in [2.24, 2.45) is 0 Å². The second-order valence-corrected chi connectivity index (χ2v) is 5.58. The number of aliphatic hydroxyl groups is 2. The van der Waals surface area contributed by atoms with Gasteiger partial charge < -0.3 is 19.9 Å². The zero-order chi connectivity index (χ0) is 16.3. The summed E-state index contributed by atoms with van der Waals surface area (Å²) in [7, 11) is 0. The molecule has 0 spiro atoms. The van der Waals surface area contributed by atoms with Gasteiger partial charge in [-0.15, -0.1) is 0 Å². The Morgan fingerprint density at radius 3 is 2.41 bits per heavy atom.